The van der Waals surface area contributed by atoms with Gasteiger partial charge < -0.3 is 9.64 Å². The molecular formula is C15H27NO2. The van der Waals surface area contributed by atoms with Crippen LogP contribution < -0.4 is 0 Å². The lowest BCUT2D eigenvalue weighted by Gasteiger charge is -2.49. The van der Waals surface area contributed by atoms with Gasteiger partial charge in [-0.15, -0.1) is 0 Å². The van der Waals surface area contributed by atoms with Gasteiger partial charge in [0.25, 0.3) is 0 Å². The zero-order valence-corrected chi connectivity index (χ0v) is 12.1. The molecule has 0 aromatic rings. The van der Waals surface area contributed by atoms with Crippen molar-refractivity contribution in [1.29, 1.82) is 0 Å². The molecule has 3 nitrogen and oxygen atoms in total. The molecule has 2 aliphatic rings. The van der Waals surface area contributed by atoms with Crippen LogP contribution in [0.1, 0.15) is 72.1 Å². The molecule has 0 aromatic heterocycles. The van der Waals surface area contributed by atoms with Gasteiger partial charge >= 0.3 is 6.09 Å². The summed E-state index contributed by atoms with van der Waals surface area (Å²) in [4.78, 5) is 14.4. The number of carbonyl (C=O) groups excluding carboxylic acids is 1. The fourth-order valence-electron chi connectivity index (χ4n) is 3.43. The molecule has 1 aliphatic carbocycles. The number of hydrogen-bond donors (Lipinski definition) is 0. The fraction of sp³-hybridized carbons (Fsp3) is 0.933. The molecule has 0 bridgehead atoms. The van der Waals surface area contributed by atoms with Crippen molar-refractivity contribution in [2.24, 2.45) is 0 Å². The van der Waals surface area contributed by atoms with Crippen molar-refractivity contribution in [2.45, 2.75) is 83.3 Å². The Bertz CT molecular complexity index is 292. The molecule has 18 heavy (non-hydrogen) atoms. The predicted octanol–water partition coefficient (Wildman–Crippen LogP) is 4.11. The zero-order valence-electron chi connectivity index (χ0n) is 12.1. The average Bonchev–Trinajstić information content (AvgIpc) is 2.28. The van der Waals surface area contributed by atoms with Crippen molar-refractivity contribution >= 4 is 6.09 Å². The lowest BCUT2D eigenvalue weighted by Crippen LogP contribution is -2.56. The van der Waals surface area contributed by atoms with Gasteiger partial charge in [0, 0.05) is 12.1 Å². The highest BCUT2D eigenvalue weighted by Gasteiger charge is 2.43. The van der Waals surface area contributed by atoms with E-state index in [1.54, 1.807) is 0 Å². The van der Waals surface area contributed by atoms with E-state index >= 15 is 0 Å². The van der Waals surface area contributed by atoms with Crippen molar-refractivity contribution in [3.8, 4) is 0 Å². The standard InChI is InChI=1S/C15H27NO2/c1-14(2,3)18-13(17)16-12-8-7-11-15(16)9-5-4-6-10-15/h4-12H2,1-3H3. The number of likely N-dealkylation sites (tertiary alicyclic amines) is 1. The molecule has 0 aromatic carbocycles. The zero-order chi connectivity index (χ0) is 13.2. The number of carbonyl (C=O) groups is 1. The van der Waals surface area contributed by atoms with Gasteiger partial charge in [-0.2, -0.15) is 0 Å². The summed E-state index contributed by atoms with van der Waals surface area (Å²) in [5.41, 5.74) is -0.261. The van der Waals surface area contributed by atoms with Crippen LogP contribution in [0.3, 0.4) is 0 Å². The van der Waals surface area contributed by atoms with Crippen LogP contribution in [0.5, 0.6) is 0 Å². The van der Waals surface area contributed by atoms with E-state index in [1.807, 2.05) is 20.8 Å². The molecule has 1 spiro atoms. The maximum atomic E-state index is 12.4. The van der Waals surface area contributed by atoms with E-state index in [0.717, 1.165) is 13.0 Å². The van der Waals surface area contributed by atoms with Crippen LogP contribution in [0.4, 0.5) is 4.79 Å². The van der Waals surface area contributed by atoms with Gasteiger partial charge in [-0.1, -0.05) is 19.3 Å². The highest BCUT2D eigenvalue weighted by Crippen LogP contribution is 2.41. The molecule has 0 unspecified atom stereocenters. The minimum atomic E-state index is -0.385. The molecule has 0 atom stereocenters. The highest BCUT2D eigenvalue weighted by molar-refractivity contribution is 5.69. The van der Waals surface area contributed by atoms with Gasteiger partial charge in [-0.05, 0) is 52.9 Å². The van der Waals surface area contributed by atoms with Crippen molar-refractivity contribution in [1.82, 2.24) is 4.90 Å². The van der Waals surface area contributed by atoms with Crippen molar-refractivity contribution in [3.63, 3.8) is 0 Å². The summed E-state index contributed by atoms with van der Waals surface area (Å²) in [6.45, 7) is 6.72. The van der Waals surface area contributed by atoms with Crippen molar-refractivity contribution < 1.29 is 9.53 Å². The summed E-state index contributed by atoms with van der Waals surface area (Å²) >= 11 is 0. The van der Waals surface area contributed by atoms with Crippen LogP contribution in [0.2, 0.25) is 0 Å². The molecule has 2 rings (SSSR count). The largest absolute Gasteiger partial charge is 0.444 e. The summed E-state index contributed by atoms with van der Waals surface area (Å²) in [5, 5.41) is 0. The Morgan fingerprint density at radius 2 is 1.56 bits per heavy atom. The third-order valence-electron chi connectivity index (χ3n) is 4.24. The quantitative estimate of drug-likeness (QED) is 0.650. The number of ether oxygens (including phenoxy) is 1. The monoisotopic (exact) mass is 253 g/mol. The van der Waals surface area contributed by atoms with Crippen LogP contribution in [-0.4, -0.2) is 28.7 Å². The third kappa shape index (κ3) is 2.99. The second-order valence-electron chi connectivity index (χ2n) is 6.87. The van der Waals surface area contributed by atoms with E-state index in [1.165, 1.54) is 44.9 Å². The van der Waals surface area contributed by atoms with Gasteiger partial charge in [0.1, 0.15) is 5.60 Å². The normalized spacial score (nSPS) is 24.1. The Kier molecular flexibility index (Phi) is 3.88. The number of piperidine rings is 1. The summed E-state index contributed by atoms with van der Waals surface area (Å²) < 4.78 is 5.59. The molecule has 1 heterocycles. The summed E-state index contributed by atoms with van der Waals surface area (Å²) in [6.07, 6.45) is 9.66. The third-order valence-corrected chi connectivity index (χ3v) is 4.24. The van der Waals surface area contributed by atoms with Gasteiger partial charge in [-0.3, -0.25) is 0 Å². The molecule has 0 radical (unpaired) electrons. The molecule has 1 saturated heterocycles. The smallest absolute Gasteiger partial charge is 0.410 e. The Hall–Kier alpha value is -0.730. The molecule has 104 valence electrons. The Balaban J connectivity index is 2.10. The van der Waals surface area contributed by atoms with Gasteiger partial charge in [0.15, 0.2) is 0 Å². The number of nitrogens with zero attached hydrogens (tertiary/aromatic N) is 1. The maximum Gasteiger partial charge on any atom is 0.410 e. The first kappa shape index (κ1) is 13.7. The number of rotatable bonds is 0. The number of hydrogen-bond acceptors (Lipinski definition) is 2. The highest BCUT2D eigenvalue weighted by atomic mass is 16.6. The van der Waals surface area contributed by atoms with Crippen molar-refractivity contribution in [2.75, 3.05) is 6.54 Å². The second-order valence-corrected chi connectivity index (χ2v) is 6.87. The topological polar surface area (TPSA) is 29.5 Å². The second kappa shape index (κ2) is 5.10. The summed E-state index contributed by atoms with van der Waals surface area (Å²) in [6, 6.07) is 0. The molecular weight excluding hydrogens is 226 g/mol. The lowest BCUT2D eigenvalue weighted by molar-refractivity contribution is -0.0272. The van der Waals surface area contributed by atoms with Gasteiger partial charge in [0.05, 0.1) is 0 Å². The Morgan fingerprint density at radius 1 is 1.00 bits per heavy atom. The Morgan fingerprint density at radius 3 is 2.11 bits per heavy atom. The van der Waals surface area contributed by atoms with Crippen LogP contribution in [0.25, 0.3) is 0 Å². The minimum absolute atomic E-state index is 0.0934. The molecule has 0 N–H and O–H groups in total. The fourth-order valence-corrected chi connectivity index (χ4v) is 3.43. The molecule has 1 amide bonds. The van der Waals surface area contributed by atoms with E-state index in [0.29, 0.717) is 0 Å². The van der Waals surface area contributed by atoms with E-state index in [4.69, 9.17) is 4.74 Å². The average molecular weight is 253 g/mol. The van der Waals surface area contributed by atoms with Crippen LogP contribution in [-0.2, 0) is 4.74 Å². The van der Waals surface area contributed by atoms with Crippen LogP contribution in [0.15, 0.2) is 0 Å². The van der Waals surface area contributed by atoms with Crippen molar-refractivity contribution in [3.05, 3.63) is 0 Å². The van der Waals surface area contributed by atoms with E-state index in [2.05, 4.69) is 4.90 Å². The molecule has 1 saturated carbocycles. The SMILES string of the molecule is CC(C)(C)OC(=O)N1CCCCC12CCCCC2. The first-order chi connectivity index (χ1) is 8.43. The maximum absolute atomic E-state index is 12.4. The summed E-state index contributed by atoms with van der Waals surface area (Å²) in [7, 11) is 0. The van der Waals surface area contributed by atoms with Gasteiger partial charge in [-0.25, -0.2) is 4.79 Å². The number of amides is 1. The van der Waals surface area contributed by atoms with Crippen LogP contribution in [0, 0.1) is 0 Å². The molecule has 3 heteroatoms. The first-order valence-electron chi connectivity index (χ1n) is 7.44. The van der Waals surface area contributed by atoms with E-state index in [9.17, 15) is 4.79 Å². The first-order valence-corrected chi connectivity index (χ1v) is 7.44. The Labute approximate surface area is 111 Å². The lowest BCUT2D eigenvalue weighted by atomic mass is 9.75. The minimum Gasteiger partial charge on any atom is -0.444 e. The van der Waals surface area contributed by atoms with E-state index in [-0.39, 0.29) is 17.2 Å². The molecule has 1 aliphatic heterocycles. The predicted molar refractivity (Wildman–Crippen MR) is 72.6 cm³/mol. The van der Waals surface area contributed by atoms with Crippen LogP contribution >= 0.6 is 0 Å². The van der Waals surface area contributed by atoms with Gasteiger partial charge in [0.2, 0.25) is 0 Å². The van der Waals surface area contributed by atoms with E-state index < -0.39 is 0 Å². The molecule has 2 fully saturated rings. The summed E-state index contributed by atoms with van der Waals surface area (Å²) in [5.74, 6) is 0.